The van der Waals surface area contributed by atoms with Gasteiger partial charge in [-0.1, -0.05) is 63.2 Å². The van der Waals surface area contributed by atoms with Gasteiger partial charge in [0.1, 0.15) is 0 Å². The van der Waals surface area contributed by atoms with Crippen LogP contribution in [0.5, 0.6) is 0 Å². The molecule has 4 heteroatoms. The third-order valence-electron chi connectivity index (χ3n) is 5.15. The van der Waals surface area contributed by atoms with Gasteiger partial charge in [0.05, 0.1) is 12.2 Å². The highest BCUT2D eigenvalue weighted by atomic mass is 16.1. The van der Waals surface area contributed by atoms with Gasteiger partial charge >= 0.3 is 0 Å². The van der Waals surface area contributed by atoms with E-state index >= 15 is 0 Å². The van der Waals surface area contributed by atoms with E-state index < -0.39 is 0 Å². The SMILES string of the molecule is Cc1nn(Cc2ccccc2)c(C)c1CNC(=O)c1ccc(C(C)(C)C)cc1. The minimum Gasteiger partial charge on any atom is -0.348 e. The third kappa shape index (κ3) is 4.50. The van der Waals surface area contributed by atoms with Crippen LogP contribution in [-0.4, -0.2) is 15.7 Å². The Labute approximate surface area is 167 Å². The molecular weight excluding hydrogens is 346 g/mol. The predicted octanol–water partition coefficient (Wildman–Crippen LogP) is 4.78. The van der Waals surface area contributed by atoms with Gasteiger partial charge in [0.2, 0.25) is 0 Å². The van der Waals surface area contributed by atoms with Gasteiger partial charge in [-0.25, -0.2) is 0 Å². The van der Waals surface area contributed by atoms with Crippen LogP contribution in [0.3, 0.4) is 0 Å². The molecule has 28 heavy (non-hydrogen) atoms. The number of benzene rings is 2. The fourth-order valence-electron chi connectivity index (χ4n) is 3.29. The second kappa shape index (κ2) is 8.01. The molecule has 0 aliphatic carbocycles. The molecule has 3 aromatic rings. The van der Waals surface area contributed by atoms with Gasteiger partial charge in [0, 0.05) is 23.4 Å². The van der Waals surface area contributed by atoms with Gasteiger partial charge in [-0.05, 0) is 42.5 Å². The van der Waals surface area contributed by atoms with Crippen molar-refractivity contribution in [3.63, 3.8) is 0 Å². The maximum absolute atomic E-state index is 12.6. The van der Waals surface area contributed by atoms with Gasteiger partial charge in [-0.15, -0.1) is 0 Å². The van der Waals surface area contributed by atoms with Crippen molar-refractivity contribution in [2.75, 3.05) is 0 Å². The number of rotatable bonds is 5. The van der Waals surface area contributed by atoms with Crippen LogP contribution < -0.4 is 5.32 Å². The van der Waals surface area contributed by atoms with Gasteiger partial charge in [-0.3, -0.25) is 9.48 Å². The first-order valence-electron chi connectivity index (χ1n) is 9.71. The van der Waals surface area contributed by atoms with Gasteiger partial charge in [-0.2, -0.15) is 5.10 Å². The molecular formula is C24H29N3O. The molecule has 1 heterocycles. The highest BCUT2D eigenvalue weighted by Crippen LogP contribution is 2.22. The van der Waals surface area contributed by atoms with Crippen LogP contribution in [0.1, 0.15) is 59.2 Å². The molecule has 1 N–H and O–H groups in total. The van der Waals surface area contributed by atoms with Crippen molar-refractivity contribution in [3.8, 4) is 0 Å². The second-order valence-electron chi connectivity index (χ2n) is 8.30. The van der Waals surface area contributed by atoms with Crippen molar-refractivity contribution in [3.05, 3.63) is 88.2 Å². The number of nitrogens with one attached hydrogen (secondary N) is 1. The summed E-state index contributed by atoms with van der Waals surface area (Å²) in [7, 11) is 0. The number of nitrogens with zero attached hydrogens (tertiary/aromatic N) is 2. The highest BCUT2D eigenvalue weighted by Gasteiger charge is 2.16. The minimum absolute atomic E-state index is 0.0601. The van der Waals surface area contributed by atoms with Crippen LogP contribution in [-0.2, 0) is 18.5 Å². The summed E-state index contributed by atoms with van der Waals surface area (Å²) in [6.45, 7) is 11.8. The summed E-state index contributed by atoms with van der Waals surface area (Å²) in [5.41, 5.74) is 6.31. The molecule has 0 unspecified atom stereocenters. The molecule has 0 saturated heterocycles. The minimum atomic E-state index is -0.0601. The molecule has 0 atom stereocenters. The van der Waals surface area contributed by atoms with E-state index in [2.05, 4.69) is 50.2 Å². The van der Waals surface area contributed by atoms with E-state index in [0.29, 0.717) is 12.1 Å². The van der Waals surface area contributed by atoms with E-state index in [1.807, 2.05) is 54.1 Å². The lowest BCUT2D eigenvalue weighted by molar-refractivity contribution is 0.0951. The molecule has 1 aromatic heterocycles. The summed E-state index contributed by atoms with van der Waals surface area (Å²) >= 11 is 0. The Kier molecular flexibility index (Phi) is 5.68. The highest BCUT2D eigenvalue weighted by molar-refractivity contribution is 5.94. The molecule has 4 nitrogen and oxygen atoms in total. The molecule has 0 saturated carbocycles. The van der Waals surface area contributed by atoms with Crippen molar-refractivity contribution in [1.82, 2.24) is 15.1 Å². The summed E-state index contributed by atoms with van der Waals surface area (Å²) in [4.78, 5) is 12.6. The fraction of sp³-hybridized carbons (Fsp3) is 0.333. The Hall–Kier alpha value is -2.88. The van der Waals surface area contributed by atoms with Crippen molar-refractivity contribution in [1.29, 1.82) is 0 Å². The maximum atomic E-state index is 12.6. The number of carbonyl (C=O) groups is 1. The Balaban J connectivity index is 1.68. The molecule has 1 amide bonds. The van der Waals surface area contributed by atoms with Crippen molar-refractivity contribution in [2.24, 2.45) is 0 Å². The average molecular weight is 376 g/mol. The molecule has 0 aliphatic heterocycles. The molecule has 0 fully saturated rings. The number of carbonyl (C=O) groups excluding carboxylic acids is 1. The quantitative estimate of drug-likeness (QED) is 0.698. The Morgan fingerprint density at radius 2 is 1.64 bits per heavy atom. The number of aryl methyl sites for hydroxylation is 1. The monoisotopic (exact) mass is 375 g/mol. The molecule has 0 bridgehead atoms. The zero-order valence-electron chi connectivity index (χ0n) is 17.4. The summed E-state index contributed by atoms with van der Waals surface area (Å²) < 4.78 is 2.00. The number of hydrogen-bond acceptors (Lipinski definition) is 2. The van der Waals surface area contributed by atoms with Crippen LogP contribution in [0.25, 0.3) is 0 Å². The summed E-state index contributed by atoms with van der Waals surface area (Å²) in [6.07, 6.45) is 0. The topological polar surface area (TPSA) is 46.9 Å². The molecule has 2 aromatic carbocycles. The first kappa shape index (κ1) is 19.9. The van der Waals surface area contributed by atoms with Crippen LogP contribution in [0.2, 0.25) is 0 Å². The Morgan fingerprint density at radius 3 is 2.25 bits per heavy atom. The lowest BCUT2D eigenvalue weighted by Gasteiger charge is -2.19. The Bertz CT molecular complexity index is 948. The van der Waals surface area contributed by atoms with E-state index in [4.69, 9.17) is 0 Å². The van der Waals surface area contributed by atoms with Crippen molar-refractivity contribution >= 4 is 5.91 Å². The van der Waals surface area contributed by atoms with Crippen LogP contribution >= 0.6 is 0 Å². The molecule has 146 valence electrons. The molecule has 0 spiro atoms. The van der Waals surface area contributed by atoms with E-state index in [0.717, 1.165) is 23.5 Å². The number of aromatic nitrogens is 2. The van der Waals surface area contributed by atoms with E-state index in [1.165, 1.54) is 11.1 Å². The molecule has 0 radical (unpaired) electrons. The van der Waals surface area contributed by atoms with E-state index in [1.54, 1.807) is 0 Å². The zero-order valence-corrected chi connectivity index (χ0v) is 17.4. The lowest BCUT2D eigenvalue weighted by atomic mass is 9.87. The van der Waals surface area contributed by atoms with E-state index in [-0.39, 0.29) is 11.3 Å². The normalized spacial score (nSPS) is 11.5. The van der Waals surface area contributed by atoms with Gasteiger partial charge in [0.25, 0.3) is 5.91 Å². The summed E-state index contributed by atoms with van der Waals surface area (Å²) in [5.74, 6) is -0.0601. The standard InChI is InChI=1S/C24H29N3O/c1-17-22(18(2)27(26-17)16-19-9-7-6-8-10-19)15-25-23(28)20-11-13-21(14-12-20)24(3,4)5/h6-14H,15-16H2,1-5H3,(H,25,28). The lowest BCUT2D eigenvalue weighted by Crippen LogP contribution is -2.23. The smallest absolute Gasteiger partial charge is 0.251 e. The first-order chi connectivity index (χ1) is 13.3. The first-order valence-corrected chi connectivity index (χ1v) is 9.71. The Morgan fingerprint density at radius 1 is 1.00 bits per heavy atom. The van der Waals surface area contributed by atoms with Gasteiger partial charge in [0.15, 0.2) is 0 Å². The van der Waals surface area contributed by atoms with Crippen LogP contribution in [0.4, 0.5) is 0 Å². The predicted molar refractivity (Wildman–Crippen MR) is 114 cm³/mol. The van der Waals surface area contributed by atoms with Crippen molar-refractivity contribution in [2.45, 2.75) is 53.1 Å². The number of hydrogen-bond donors (Lipinski definition) is 1. The largest absolute Gasteiger partial charge is 0.348 e. The second-order valence-corrected chi connectivity index (χ2v) is 8.30. The van der Waals surface area contributed by atoms with Gasteiger partial charge < -0.3 is 5.32 Å². The number of amides is 1. The third-order valence-corrected chi connectivity index (χ3v) is 5.15. The average Bonchev–Trinajstić information content (AvgIpc) is 2.93. The zero-order chi connectivity index (χ0) is 20.3. The fourth-order valence-corrected chi connectivity index (χ4v) is 3.29. The summed E-state index contributed by atoms with van der Waals surface area (Å²) in [6, 6.07) is 18.1. The summed E-state index contributed by atoms with van der Waals surface area (Å²) in [5, 5.41) is 7.70. The maximum Gasteiger partial charge on any atom is 0.251 e. The van der Waals surface area contributed by atoms with Crippen LogP contribution in [0, 0.1) is 13.8 Å². The van der Waals surface area contributed by atoms with E-state index in [9.17, 15) is 4.79 Å². The van der Waals surface area contributed by atoms with Crippen molar-refractivity contribution < 1.29 is 4.79 Å². The molecule has 3 rings (SSSR count). The molecule has 0 aliphatic rings. The van der Waals surface area contributed by atoms with Crippen LogP contribution in [0.15, 0.2) is 54.6 Å².